The Labute approximate surface area is 124 Å². The minimum absolute atomic E-state index is 0.210. The molecule has 0 aromatic carbocycles. The predicted molar refractivity (Wildman–Crippen MR) is 78.3 cm³/mol. The Morgan fingerprint density at radius 3 is 2.43 bits per heavy atom. The highest BCUT2D eigenvalue weighted by Crippen LogP contribution is 2.14. The lowest BCUT2D eigenvalue weighted by Crippen LogP contribution is -2.50. The van der Waals surface area contributed by atoms with Crippen LogP contribution in [-0.4, -0.2) is 71.6 Å². The lowest BCUT2D eigenvalue weighted by atomic mass is 10.1. The molecule has 1 aromatic rings. The van der Waals surface area contributed by atoms with Crippen LogP contribution in [0.2, 0.25) is 0 Å². The van der Waals surface area contributed by atoms with Crippen LogP contribution in [0.4, 0.5) is 5.82 Å². The van der Waals surface area contributed by atoms with Gasteiger partial charge in [-0.05, 0) is 26.0 Å². The highest BCUT2D eigenvalue weighted by molar-refractivity contribution is 5.86. The quantitative estimate of drug-likeness (QED) is 0.792. The summed E-state index contributed by atoms with van der Waals surface area (Å²) in [6.07, 6.45) is 0. The van der Waals surface area contributed by atoms with E-state index in [1.807, 2.05) is 13.8 Å². The molecule has 2 heterocycles. The highest BCUT2D eigenvalue weighted by atomic mass is 16.5. The van der Waals surface area contributed by atoms with Gasteiger partial charge in [-0.25, -0.2) is 4.79 Å². The van der Waals surface area contributed by atoms with Gasteiger partial charge in [0, 0.05) is 32.7 Å². The summed E-state index contributed by atoms with van der Waals surface area (Å²) in [6.45, 7) is 7.67. The third kappa shape index (κ3) is 4.37. The van der Waals surface area contributed by atoms with Gasteiger partial charge in [0.1, 0.15) is 0 Å². The van der Waals surface area contributed by atoms with Gasteiger partial charge in [0.25, 0.3) is 0 Å². The van der Waals surface area contributed by atoms with E-state index in [0.717, 1.165) is 32.0 Å². The van der Waals surface area contributed by atoms with Crippen molar-refractivity contribution in [1.29, 1.82) is 0 Å². The molecule has 0 unspecified atom stereocenters. The van der Waals surface area contributed by atoms with Crippen LogP contribution in [0.15, 0.2) is 12.1 Å². The summed E-state index contributed by atoms with van der Waals surface area (Å²) in [4.78, 5) is 15.7. The summed E-state index contributed by atoms with van der Waals surface area (Å²) in [6, 6.07) is 3.41. The van der Waals surface area contributed by atoms with E-state index in [0.29, 0.717) is 6.54 Å². The van der Waals surface area contributed by atoms with Crippen molar-refractivity contribution in [3.05, 3.63) is 17.8 Å². The van der Waals surface area contributed by atoms with E-state index >= 15 is 0 Å². The Balaban J connectivity index is 1.92. The molecule has 0 spiro atoms. The van der Waals surface area contributed by atoms with Crippen LogP contribution >= 0.6 is 0 Å². The zero-order valence-corrected chi connectivity index (χ0v) is 12.7. The van der Waals surface area contributed by atoms with E-state index in [1.165, 1.54) is 7.11 Å². The molecule has 1 N–H and O–H groups in total. The zero-order chi connectivity index (χ0) is 15.5. The Morgan fingerprint density at radius 1 is 1.29 bits per heavy atom. The van der Waals surface area contributed by atoms with E-state index in [9.17, 15) is 9.90 Å². The van der Waals surface area contributed by atoms with Crippen molar-refractivity contribution in [1.82, 2.24) is 15.1 Å². The van der Waals surface area contributed by atoms with Crippen LogP contribution < -0.4 is 4.90 Å². The van der Waals surface area contributed by atoms with Gasteiger partial charge in [0.2, 0.25) is 0 Å². The first kappa shape index (κ1) is 15.7. The van der Waals surface area contributed by atoms with Crippen LogP contribution in [0.1, 0.15) is 24.3 Å². The number of methoxy groups -OCH3 is 1. The zero-order valence-electron chi connectivity index (χ0n) is 12.7. The molecule has 1 aromatic heterocycles. The molecule has 0 atom stereocenters. The number of esters is 1. The number of anilines is 1. The van der Waals surface area contributed by atoms with Crippen molar-refractivity contribution in [3.8, 4) is 0 Å². The second-order valence-electron chi connectivity index (χ2n) is 5.84. The summed E-state index contributed by atoms with van der Waals surface area (Å²) in [5.41, 5.74) is -0.466. The van der Waals surface area contributed by atoms with Crippen LogP contribution in [0.5, 0.6) is 0 Å². The number of piperazine rings is 1. The number of hydrogen-bond donors (Lipinski definition) is 1. The number of β-amino-alcohol motifs (C(OH)–C–C–N with tert-alkyl or cyclic N) is 1. The molecule has 2 rings (SSSR count). The van der Waals surface area contributed by atoms with E-state index in [4.69, 9.17) is 0 Å². The van der Waals surface area contributed by atoms with Crippen molar-refractivity contribution < 1.29 is 14.6 Å². The first-order valence-electron chi connectivity index (χ1n) is 7.01. The smallest absolute Gasteiger partial charge is 0.358 e. The van der Waals surface area contributed by atoms with Crippen molar-refractivity contribution in [2.75, 3.05) is 44.7 Å². The van der Waals surface area contributed by atoms with Crippen LogP contribution in [0.3, 0.4) is 0 Å². The number of carbonyl (C=O) groups excluding carboxylic acids is 1. The largest absolute Gasteiger partial charge is 0.464 e. The van der Waals surface area contributed by atoms with Crippen LogP contribution in [-0.2, 0) is 4.74 Å². The SMILES string of the molecule is COC(=O)c1ccc(N2CCN(CC(C)(C)O)CC2)nn1. The molecule has 1 fully saturated rings. The van der Waals surface area contributed by atoms with E-state index in [2.05, 4.69) is 24.7 Å². The van der Waals surface area contributed by atoms with Gasteiger partial charge < -0.3 is 14.7 Å². The normalized spacial score (nSPS) is 16.9. The summed E-state index contributed by atoms with van der Waals surface area (Å²) in [7, 11) is 1.32. The van der Waals surface area contributed by atoms with Gasteiger partial charge in [-0.3, -0.25) is 4.90 Å². The summed E-state index contributed by atoms with van der Waals surface area (Å²) in [5, 5.41) is 17.8. The van der Waals surface area contributed by atoms with Crippen molar-refractivity contribution in [2.24, 2.45) is 0 Å². The average Bonchev–Trinajstić information content (AvgIpc) is 2.46. The van der Waals surface area contributed by atoms with Gasteiger partial charge >= 0.3 is 5.97 Å². The number of ether oxygens (including phenoxy) is 1. The fourth-order valence-corrected chi connectivity index (χ4v) is 2.39. The maximum Gasteiger partial charge on any atom is 0.358 e. The van der Waals surface area contributed by atoms with Gasteiger partial charge in [-0.15, -0.1) is 10.2 Å². The molecule has 0 bridgehead atoms. The molecule has 0 radical (unpaired) electrons. The molecular weight excluding hydrogens is 272 g/mol. The molecule has 1 aliphatic heterocycles. The topological polar surface area (TPSA) is 78.8 Å². The van der Waals surface area contributed by atoms with Crippen molar-refractivity contribution >= 4 is 11.8 Å². The van der Waals surface area contributed by atoms with E-state index < -0.39 is 11.6 Å². The van der Waals surface area contributed by atoms with Gasteiger partial charge in [0.05, 0.1) is 12.7 Å². The molecule has 116 valence electrons. The first-order valence-corrected chi connectivity index (χ1v) is 7.01. The van der Waals surface area contributed by atoms with Gasteiger partial charge in [-0.2, -0.15) is 0 Å². The minimum Gasteiger partial charge on any atom is -0.464 e. The van der Waals surface area contributed by atoms with E-state index in [-0.39, 0.29) is 5.69 Å². The molecule has 1 saturated heterocycles. The number of rotatable bonds is 4. The molecule has 7 nitrogen and oxygen atoms in total. The number of aliphatic hydroxyl groups is 1. The fraction of sp³-hybridized carbons (Fsp3) is 0.643. The highest BCUT2D eigenvalue weighted by Gasteiger charge is 2.23. The molecule has 0 amide bonds. The Kier molecular flexibility index (Phi) is 4.74. The fourth-order valence-electron chi connectivity index (χ4n) is 2.39. The molecular formula is C14H22N4O3. The third-order valence-electron chi connectivity index (χ3n) is 3.35. The Bertz CT molecular complexity index is 476. The van der Waals surface area contributed by atoms with Gasteiger partial charge in [0.15, 0.2) is 11.5 Å². The Morgan fingerprint density at radius 2 is 1.95 bits per heavy atom. The van der Waals surface area contributed by atoms with Crippen LogP contribution in [0, 0.1) is 0 Å². The standard InChI is InChI=1S/C14H22N4O3/c1-14(2,20)10-17-6-8-18(9-7-17)12-5-4-11(15-16-12)13(19)21-3/h4-5,20H,6-10H2,1-3H3. The molecule has 21 heavy (non-hydrogen) atoms. The molecule has 0 aliphatic carbocycles. The molecule has 0 saturated carbocycles. The predicted octanol–water partition coefficient (Wildman–Crippen LogP) is 0.156. The number of hydrogen-bond acceptors (Lipinski definition) is 7. The second-order valence-corrected chi connectivity index (χ2v) is 5.84. The molecule has 7 heteroatoms. The van der Waals surface area contributed by atoms with Crippen LogP contribution in [0.25, 0.3) is 0 Å². The maximum absolute atomic E-state index is 11.3. The lowest BCUT2D eigenvalue weighted by molar-refractivity contribution is 0.0344. The monoisotopic (exact) mass is 294 g/mol. The average molecular weight is 294 g/mol. The molecule has 1 aliphatic rings. The van der Waals surface area contributed by atoms with Crippen molar-refractivity contribution in [2.45, 2.75) is 19.4 Å². The summed E-state index contributed by atoms with van der Waals surface area (Å²) in [5.74, 6) is 0.273. The number of nitrogens with zero attached hydrogens (tertiary/aromatic N) is 4. The number of aromatic nitrogens is 2. The third-order valence-corrected chi connectivity index (χ3v) is 3.35. The van der Waals surface area contributed by atoms with Crippen molar-refractivity contribution in [3.63, 3.8) is 0 Å². The minimum atomic E-state index is -0.676. The lowest BCUT2D eigenvalue weighted by Gasteiger charge is -2.37. The second kappa shape index (κ2) is 6.36. The summed E-state index contributed by atoms with van der Waals surface area (Å²) < 4.78 is 4.60. The number of carbonyl (C=O) groups is 1. The van der Waals surface area contributed by atoms with Gasteiger partial charge in [-0.1, -0.05) is 0 Å². The maximum atomic E-state index is 11.3. The summed E-state index contributed by atoms with van der Waals surface area (Å²) >= 11 is 0. The Hall–Kier alpha value is -1.73. The first-order chi connectivity index (χ1) is 9.89. The van der Waals surface area contributed by atoms with E-state index in [1.54, 1.807) is 12.1 Å².